The highest BCUT2D eigenvalue weighted by Gasteiger charge is 2.19. The number of hydrogen-bond acceptors (Lipinski definition) is 4. The molecule has 0 fully saturated rings. The number of halogens is 1. The number of hydrogen-bond donors (Lipinski definition) is 1. The minimum atomic E-state index is -0.554. The summed E-state index contributed by atoms with van der Waals surface area (Å²) in [4.78, 5) is 45.6. The average molecular weight is 373 g/mol. The van der Waals surface area contributed by atoms with Crippen LogP contribution in [0.1, 0.15) is 23.2 Å². The first-order valence-electron chi connectivity index (χ1n) is 8.52. The Morgan fingerprint density at radius 1 is 1.22 bits per heavy atom. The monoisotopic (exact) mass is 373 g/mol. The maximum absolute atomic E-state index is 13.3. The van der Waals surface area contributed by atoms with E-state index >= 15 is 0 Å². The van der Waals surface area contributed by atoms with Crippen molar-refractivity contribution < 1.29 is 9.18 Å². The van der Waals surface area contributed by atoms with E-state index in [-0.39, 0.29) is 11.5 Å². The van der Waals surface area contributed by atoms with Gasteiger partial charge in [0.2, 0.25) is 0 Å². The molecule has 0 saturated heterocycles. The van der Waals surface area contributed by atoms with E-state index in [0.29, 0.717) is 36.4 Å². The fraction of sp³-hybridized carbons (Fsp3) is 0.333. The van der Waals surface area contributed by atoms with Gasteiger partial charge in [0, 0.05) is 39.7 Å². The molecule has 8 nitrogen and oxygen atoms in total. The van der Waals surface area contributed by atoms with Crippen LogP contribution in [0.2, 0.25) is 0 Å². The molecule has 0 bridgehead atoms. The molecule has 0 atom stereocenters. The van der Waals surface area contributed by atoms with Gasteiger partial charge in [0.25, 0.3) is 11.5 Å². The van der Waals surface area contributed by atoms with Crippen LogP contribution >= 0.6 is 0 Å². The third-order valence-electron chi connectivity index (χ3n) is 4.53. The van der Waals surface area contributed by atoms with Gasteiger partial charge >= 0.3 is 5.69 Å². The second-order valence-corrected chi connectivity index (χ2v) is 6.25. The molecule has 142 valence electrons. The van der Waals surface area contributed by atoms with Crippen molar-refractivity contribution in [3.63, 3.8) is 0 Å². The summed E-state index contributed by atoms with van der Waals surface area (Å²) >= 11 is 0. The Kier molecular flexibility index (Phi) is 4.93. The van der Waals surface area contributed by atoms with Crippen molar-refractivity contribution in [1.82, 2.24) is 24.0 Å². The lowest BCUT2D eigenvalue weighted by Crippen LogP contribution is -2.42. The molecule has 0 aliphatic carbocycles. The van der Waals surface area contributed by atoms with Gasteiger partial charge in [-0.15, -0.1) is 0 Å². The van der Waals surface area contributed by atoms with E-state index in [2.05, 4.69) is 9.97 Å². The quantitative estimate of drug-likeness (QED) is 0.716. The summed E-state index contributed by atoms with van der Waals surface area (Å²) in [6.07, 6.45) is 0.425. The molecule has 1 aromatic carbocycles. The number of amides is 1. The lowest BCUT2D eigenvalue weighted by Gasteiger charge is -2.21. The summed E-state index contributed by atoms with van der Waals surface area (Å²) in [7, 11) is 2.82. The fourth-order valence-corrected chi connectivity index (χ4v) is 2.90. The van der Waals surface area contributed by atoms with Crippen LogP contribution in [0.3, 0.4) is 0 Å². The van der Waals surface area contributed by atoms with Crippen LogP contribution in [-0.2, 0) is 20.5 Å². The summed E-state index contributed by atoms with van der Waals surface area (Å²) in [6, 6.07) is 5.45. The van der Waals surface area contributed by atoms with E-state index in [4.69, 9.17) is 0 Å². The molecule has 9 heteroatoms. The zero-order chi connectivity index (χ0) is 19.7. The van der Waals surface area contributed by atoms with Gasteiger partial charge < -0.3 is 9.88 Å². The number of likely N-dealkylation sites (N-methyl/N-ethyl adjacent to an activating group) is 1. The Labute approximate surface area is 153 Å². The second-order valence-electron chi connectivity index (χ2n) is 6.25. The molecule has 3 rings (SSSR count). The lowest BCUT2D eigenvalue weighted by atomic mass is 10.3. The highest BCUT2D eigenvalue weighted by molar-refractivity contribution is 5.92. The van der Waals surface area contributed by atoms with Gasteiger partial charge in [-0.25, -0.2) is 14.2 Å². The first-order valence-corrected chi connectivity index (χ1v) is 8.52. The van der Waals surface area contributed by atoms with Crippen LogP contribution in [0.5, 0.6) is 0 Å². The number of benzene rings is 1. The van der Waals surface area contributed by atoms with Gasteiger partial charge in [-0.05, 0) is 25.1 Å². The van der Waals surface area contributed by atoms with Gasteiger partial charge in [0.05, 0.1) is 11.0 Å². The maximum Gasteiger partial charge on any atom is 0.331 e. The van der Waals surface area contributed by atoms with Crippen molar-refractivity contribution in [2.45, 2.75) is 13.3 Å². The van der Waals surface area contributed by atoms with E-state index in [1.54, 1.807) is 6.07 Å². The van der Waals surface area contributed by atoms with Crippen molar-refractivity contribution in [1.29, 1.82) is 0 Å². The first-order chi connectivity index (χ1) is 12.8. The standard InChI is InChI=1S/C18H20FN5O3/c1-4-24(17(26)14-10-16(25)23(3)18(27)22(14)2)8-7-15-20-12-6-5-11(19)9-13(12)21-15/h5-6,9-10H,4,7-8H2,1-3H3,(H,20,21). The Bertz CT molecular complexity index is 1130. The third-order valence-corrected chi connectivity index (χ3v) is 4.53. The van der Waals surface area contributed by atoms with Crippen LogP contribution < -0.4 is 11.2 Å². The van der Waals surface area contributed by atoms with Crippen LogP contribution in [-0.4, -0.2) is 43.0 Å². The zero-order valence-corrected chi connectivity index (χ0v) is 15.3. The molecule has 0 spiro atoms. The van der Waals surface area contributed by atoms with E-state index in [1.807, 2.05) is 6.92 Å². The molecular formula is C18H20FN5O3. The van der Waals surface area contributed by atoms with Crippen LogP contribution in [0, 0.1) is 5.82 Å². The SMILES string of the molecule is CCN(CCc1nc2ccc(F)cc2[nH]1)C(=O)c1cc(=O)n(C)c(=O)n1C. The Hall–Kier alpha value is -3.23. The molecule has 2 aromatic heterocycles. The maximum atomic E-state index is 13.3. The number of nitrogens with zero attached hydrogens (tertiary/aromatic N) is 4. The van der Waals surface area contributed by atoms with Crippen LogP contribution in [0.25, 0.3) is 11.0 Å². The van der Waals surface area contributed by atoms with E-state index < -0.39 is 17.2 Å². The van der Waals surface area contributed by atoms with Gasteiger partial charge in [-0.3, -0.25) is 18.7 Å². The number of H-pyrrole nitrogens is 1. The Morgan fingerprint density at radius 2 is 1.96 bits per heavy atom. The highest BCUT2D eigenvalue weighted by Crippen LogP contribution is 2.13. The fourth-order valence-electron chi connectivity index (χ4n) is 2.90. The molecule has 0 radical (unpaired) electrons. The number of aromatic amines is 1. The van der Waals surface area contributed by atoms with Crippen molar-refractivity contribution in [3.05, 3.63) is 62.4 Å². The van der Waals surface area contributed by atoms with Crippen molar-refractivity contribution in [2.24, 2.45) is 14.1 Å². The number of fused-ring (bicyclic) bond motifs is 1. The molecule has 1 amide bonds. The lowest BCUT2D eigenvalue weighted by molar-refractivity contribution is 0.0753. The largest absolute Gasteiger partial charge is 0.342 e. The smallest absolute Gasteiger partial charge is 0.331 e. The topological polar surface area (TPSA) is 93.0 Å². The summed E-state index contributed by atoms with van der Waals surface area (Å²) in [6.45, 7) is 2.54. The molecule has 3 aromatic rings. The van der Waals surface area contributed by atoms with Gasteiger partial charge in [0.15, 0.2) is 0 Å². The summed E-state index contributed by atoms with van der Waals surface area (Å²) in [5.74, 6) is -0.133. The molecule has 1 N–H and O–H groups in total. The summed E-state index contributed by atoms with van der Waals surface area (Å²) in [5, 5.41) is 0. The van der Waals surface area contributed by atoms with Crippen LogP contribution in [0.15, 0.2) is 33.9 Å². The highest BCUT2D eigenvalue weighted by atomic mass is 19.1. The first kappa shape index (κ1) is 18.6. The Morgan fingerprint density at radius 3 is 2.67 bits per heavy atom. The number of imidazole rings is 1. The molecule has 0 aliphatic rings. The number of rotatable bonds is 5. The van der Waals surface area contributed by atoms with E-state index in [1.165, 1.54) is 31.1 Å². The summed E-state index contributed by atoms with van der Waals surface area (Å²) in [5.41, 5.74) is 0.192. The predicted octanol–water partition coefficient (Wildman–Crippen LogP) is 0.804. The molecule has 0 unspecified atom stereocenters. The molecule has 0 aliphatic heterocycles. The van der Waals surface area contributed by atoms with Gasteiger partial charge in [0.1, 0.15) is 17.3 Å². The number of carbonyl (C=O) groups is 1. The van der Waals surface area contributed by atoms with Gasteiger partial charge in [-0.2, -0.15) is 0 Å². The predicted molar refractivity (Wildman–Crippen MR) is 98.3 cm³/mol. The Balaban J connectivity index is 1.81. The number of carbonyl (C=O) groups excluding carboxylic acids is 1. The van der Waals surface area contributed by atoms with Crippen LogP contribution in [0.4, 0.5) is 4.39 Å². The number of aromatic nitrogens is 4. The van der Waals surface area contributed by atoms with E-state index in [9.17, 15) is 18.8 Å². The molecule has 2 heterocycles. The van der Waals surface area contributed by atoms with Crippen molar-refractivity contribution in [2.75, 3.05) is 13.1 Å². The minimum Gasteiger partial charge on any atom is -0.342 e. The second kappa shape index (κ2) is 7.18. The minimum absolute atomic E-state index is 0.0385. The third kappa shape index (κ3) is 3.53. The molecule has 0 saturated carbocycles. The molecule has 27 heavy (non-hydrogen) atoms. The average Bonchev–Trinajstić information content (AvgIpc) is 3.05. The van der Waals surface area contributed by atoms with Crippen molar-refractivity contribution in [3.8, 4) is 0 Å². The van der Waals surface area contributed by atoms with Gasteiger partial charge in [-0.1, -0.05) is 0 Å². The molecular weight excluding hydrogens is 353 g/mol. The normalized spacial score (nSPS) is 11.1. The van der Waals surface area contributed by atoms with E-state index in [0.717, 1.165) is 15.2 Å². The summed E-state index contributed by atoms with van der Waals surface area (Å²) < 4.78 is 15.4. The van der Waals surface area contributed by atoms with Crippen molar-refractivity contribution >= 4 is 16.9 Å². The zero-order valence-electron chi connectivity index (χ0n) is 15.3. The number of nitrogens with one attached hydrogen (secondary N) is 1.